The lowest BCUT2D eigenvalue weighted by molar-refractivity contribution is 0.481. The average molecular weight is 187 g/mol. The molecule has 0 aromatic heterocycles. The molecule has 0 saturated heterocycles. The van der Waals surface area contributed by atoms with Crippen LogP contribution in [0.4, 0.5) is 0 Å². The van der Waals surface area contributed by atoms with Crippen molar-refractivity contribution in [3.63, 3.8) is 0 Å². The second-order valence-electron chi connectivity index (χ2n) is 3.86. The Bertz CT molecular complexity index is 104. The molecule has 0 fully saturated rings. The highest BCUT2D eigenvalue weighted by atomic mass is 15.0. The zero-order valence-corrected chi connectivity index (χ0v) is 9.48. The Morgan fingerprint density at radius 1 is 0.923 bits per heavy atom. The summed E-state index contributed by atoms with van der Waals surface area (Å²) in [6, 6.07) is 1.20. The Kier molecular flexibility index (Phi) is 8.40. The maximum atomic E-state index is 3.47. The van der Waals surface area contributed by atoms with Crippen molar-refractivity contribution in [2.75, 3.05) is 26.7 Å². The van der Waals surface area contributed by atoms with E-state index in [-0.39, 0.29) is 0 Å². The lowest BCUT2D eigenvalue weighted by Crippen LogP contribution is -2.36. The van der Waals surface area contributed by atoms with Crippen LogP contribution >= 0.6 is 0 Å². The molecule has 13 heavy (non-hydrogen) atoms. The highest BCUT2D eigenvalue weighted by molar-refractivity contribution is 4.63. The Hall–Kier alpha value is -0.120. The molecule has 0 amide bonds. The van der Waals surface area contributed by atoms with Crippen LogP contribution < -0.4 is 16.0 Å². The van der Waals surface area contributed by atoms with Gasteiger partial charge in [-0.3, -0.25) is 0 Å². The van der Waals surface area contributed by atoms with Crippen LogP contribution in [-0.2, 0) is 0 Å². The van der Waals surface area contributed by atoms with Crippen LogP contribution in [0.5, 0.6) is 0 Å². The molecule has 0 heterocycles. The summed E-state index contributed by atoms with van der Waals surface area (Å²) in [6.45, 7) is 9.78. The van der Waals surface area contributed by atoms with Crippen molar-refractivity contribution in [3.8, 4) is 0 Å². The summed E-state index contributed by atoms with van der Waals surface area (Å²) in [5.74, 6) is 0. The van der Waals surface area contributed by atoms with Gasteiger partial charge in [0, 0.05) is 25.2 Å². The molecule has 0 spiro atoms. The molecule has 3 nitrogen and oxygen atoms in total. The van der Waals surface area contributed by atoms with Crippen LogP contribution in [0, 0.1) is 0 Å². The molecule has 0 radical (unpaired) electrons. The van der Waals surface area contributed by atoms with E-state index >= 15 is 0 Å². The first kappa shape index (κ1) is 12.9. The predicted molar refractivity (Wildman–Crippen MR) is 59.1 cm³/mol. The van der Waals surface area contributed by atoms with E-state index in [1.54, 1.807) is 0 Å². The molecule has 1 unspecified atom stereocenters. The lowest BCUT2D eigenvalue weighted by Gasteiger charge is -2.14. The van der Waals surface area contributed by atoms with Gasteiger partial charge in [-0.25, -0.2) is 0 Å². The van der Waals surface area contributed by atoms with Gasteiger partial charge < -0.3 is 16.0 Å². The lowest BCUT2D eigenvalue weighted by atomic mass is 10.2. The molecule has 3 heteroatoms. The van der Waals surface area contributed by atoms with Gasteiger partial charge in [-0.1, -0.05) is 13.8 Å². The molecular weight excluding hydrogens is 162 g/mol. The smallest absolute Gasteiger partial charge is 0.00793 e. The fraction of sp³-hybridized carbons (Fsp3) is 1.00. The molecule has 0 aromatic carbocycles. The Labute approximate surface area is 82.7 Å². The van der Waals surface area contributed by atoms with E-state index in [1.165, 1.54) is 6.42 Å². The standard InChI is InChI=1S/C10H25N3/c1-9(2)12-7-8-13-10(3)5-6-11-4/h9-13H,5-8H2,1-4H3. The van der Waals surface area contributed by atoms with Gasteiger partial charge in [0.1, 0.15) is 0 Å². The molecule has 0 rings (SSSR count). The predicted octanol–water partition coefficient (Wildman–Crippen LogP) is 0.572. The molecule has 0 aliphatic carbocycles. The maximum Gasteiger partial charge on any atom is 0.00793 e. The minimum Gasteiger partial charge on any atom is -0.320 e. The fourth-order valence-corrected chi connectivity index (χ4v) is 1.14. The Morgan fingerprint density at radius 3 is 2.08 bits per heavy atom. The molecule has 0 saturated carbocycles. The van der Waals surface area contributed by atoms with Crippen molar-refractivity contribution >= 4 is 0 Å². The van der Waals surface area contributed by atoms with E-state index in [4.69, 9.17) is 0 Å². The third-order valence-corrected chi connectivity index (χ3v) is 2.00. The van der Waals surface area contributed by atoms with E-state index < -0.39 is 0 Å². The topological polar surface area (TPSA) is 36.1 Å². The van der Waals surface area contributed by atoms with Crippen LogP contribution in [0.25, 0.3) is 0 Å². The second kappa shape index (κ2) is 8.48. The fourth-order valence-electron chi connectivity index (χ4n) is 1.14. The summed E-state index contributed by atoms with van der Waals surface area (Å²) in [6.07, 6.45) is 1.19. The summed E-state index contributed by atoms with van der Waals surface area (Å²) >= 11 is 0. The minimum absolute atomic E-state index is 0.592. The highest BCUT2D eigenvalue weighted by Gasteiger charge is 1.99. The Morgan fingerprint density at radius 2 is 1.54 bits per heavy atom. The molecule has 0 bridgehead atoms. The first-order chi connectivity index (χ1) is 6.16. The van der Waals surface area contributed by atoms with Gasteiger partial charge >= 0.3 is 0 Å². The van der Waals surface area contributed by atoms with Gasteiger partial charge in [0.2, 0.25) is 0 Å². The van der Waals surface area contributed by atoms with E-state index in [9.17, 15) is 0 Å². The van der Waals surface area contributed by atoms with E-state index in [0.717, 1.165) is 19.6 Å². The quantitative estimate of drug-likeness (QED) is 0.486. The zero-order chi connectivity index (χ0) is 10.1. The van der Waals surface area contributed by atoms with Crippen LogP contribution in [0.3, 0.4) is 0 Å². The third kappa shape index (κ3) is 9.80. The van der Waals surface area contributed by atoms with Gasteiger partial charge in [0.15, 0.2) is 0 Å². The molecular formula is C10H25N3. The number of hydrogen-bond donors (Lipinski definition) is 3. The number of rotatable bonds is 8. The van der Waals surface area contributed by atoms with Crippen molar-refractivity contribution in [2.45, 2.75) is 39.3 Å². The van der Waals surface area contributed by atoms with E-state index in [2.05, 4.69) is 36.7 Å². The number of hydrogen-bond acceptors (Lipinski definition) is 3. The van der Waals surface area contributed by atoms with Gasteiger partial charge in [-0.15, -0.1) is 0 Å². The van der Waals surface area contributed by atoms with Gasteiger partial charge in [-0.2, -0.15) is 0 Å². The highest BCUT2D eigenvalue weighted by Crippen LogP contribution is 1.86. The molecule has 80 valence electrons. The molecule has 0 aliphatic heterocycles. The normalized spacial score (nSPS) is 13.6. The minimum atomic E-state index is 0.592. The van der Waals surface area contributed by atoms with E-state index in [0.29, 0.717) is 12.1 Å². The van der Waals surface area contributed by atoms with Crippen molar-refractivity contribution in [2.24, 2.45) is 0 Å². The maximum absolute atomic E-state index is 3.47. The SMILES string of the molecule is CNCCC(C)NCCNC(C)C. The monoisotopic (exact) mass is 187 g/mol. The first-order valence-electron chi connectivity index (χ1n) is 5.28. The molecule has 0 aromatic rings. The molecule has 0 aliphatic rings. The van der Waals surface area contributed by atoms with Crippen LogP contribution in [0.1, 0.15) is 27.2 Å². The van der Waals surface area contributed by atoms with Crippen molar-refractivity contribution < 1.29 is 0 Å². The molecule has 1 atom stereocenters. The van der Waals surface area contributed by atoms with Gasteiger partial charge in [0.05, 0.1) is 0 Å². The first-order valence-corrected chi connectivity index (χ1v) is 5.28. The second-order valence-corrected chi connectivity index (χ2v) is 3.86. The zero-order valence-electron chi connectivity index (χ0n) is 9.48. The Balaban J connectivity index is 3.12. The van der Waals surface area contributed by atoms with Crippen LogP contribution in [0.2, 0.25) is 0 Å². The summed E-state index contributed by atoms with van der Waals surface area (Å²) in [5.41, 5.74) is 0. The van der Waals surface area contributed by atoms with Crippen LogP contribution in [0.15, 0.2) is 0 Å². The largest absolute Gasteiger partial charge is 0.320 e. The van der Waals surface area contributed by atoms with Crippen LogP contribution in [-0.4, -0.2) is 38.8 Å². The van der Waals surface area contributed by atoms with Crippen molar-refractivity contribution in [1.29, 1.82) is 0 Å². The van der Waals surface area contributed by atoms with Crippen molar-refractivity contribution in [1.82, 2.24) is 16.0 Å². The third-order valence-electron chi connectivity index (χ3n) is 2.00. The summed E-state index contributed by atoms with van der Waals surface area (Å²) in [7, 11) is 1.99. The average Bonchev–Trinajstić information content (AvgIpc) is 2.08. The summed E-state index contributed by atoms with van der Waals surface area (Å²) in [4.78, 5) is 0. The van der Waals surface area contributed by atoms with Gasteiger partial charge in [-0.05, 0) is 26.9 Å². The number of nitrogens with one attached hydrogen (secondary N) is 3. The molecule has 3 N–H and O–H groups in total. The summed E-state index contributed by atoms with van der Waals surface area (Å²) < 4.78 is 0. The van der Waals surface area contributed by atoms with E-state index in [1.807, 2.05) is 7.05 Å². The summed E-state index contributed by atoms with van der Waals surface area (Å²) in [5, 5.41) is 10.0. The van der Waals surface area contributed by atoms with Crippen molar-refractivity contribution in [3.05, 3.63) is 0 Å². The van der Waals surface area contributed by atoms with Gasteiger partial charge in [0.25, 0.3) is 0 Å².